The highest BCUT2D eigenvalue weighted by molar-refractivity contribution is 4.97. The van der Waals surface area contributed by atoms with E-state index in [0.717, 1.165) is 18.8 Å². The third-order valence-corrected chi connectivity index (χ3v) is 2.69. The summed E-state index contributed by atoms with van der Waals surface area (Å²) in [5.74, 6) is 2.28. The highest BCUT2D eigenvalue weighted by atomic mass is 16.5. The zero-order chi connectivity index (χ0) is 13.5. The fourth-order valence-electron chi connectivity index (χ4n) is 1.68. The van der Waals surface area contributed by atoms with Gasteiger partial charge >= 0.3 is 0 Å². The average Bonchev–Trinajstić information content (AvgIpc) is 3.05. The third kappa shape index (κ3) is 3.87. The van der Waals surface area contributed by atoms with E-state index < -0.39 is 0 Å². The summed E-state index contributed by atoms with van der Waals surface area (Å²) in [4.78, 5) is 8.60. The molecular weight excluding hydrogens is 246 g/mol. The predicted molar refractivity (Wildman–Crippen MR) is 68.6 cm³/mol. The summed E-state index contributed by atoms with van der Waals surface area (Å²) in [5.41, 5.74) is 0. The molecule has 0 fully saturated rings. The average molecular weight is 265 g/mol. The normalized spacial score (nSPS) is 11.1. The van der Waals surface area contributed by atoms with Crippen molar-refractivity contribution >= 4 is 0 Å². The van der Waals surface area contributed by atoms with Gasteiger partial charge in [-0.1, -0.05) is 12.1 Å². The number of rotatable bonds is 8. The van der Waals surface area contributed by atoms with E-state index in [4.69, 9.17) is 9.26 Å². The van der Waals surface area contributed by atoms with Crippen LogP contribution in [0.1, 0.15) is 24.5 Å². The van der Waals surface area contributed by atoms with E-state index in [1.54, 1.807) is 13.3 Å². The maximum Gasteiger partial charge on any atom is 0.226 e. The number of ether oxygens (including phenoxy) is 1. The van der Waals surface area contributed by atoms with Crippen molar-refractivity contribution in [3.8, 4) is 0 Å². The molecule has 2 heterocycles. The van der Waals surface area contributed by atoms with Crippen molar-refractivity contribution in [1.29, 1.82) is 0 Å². The van der Waals surface area contributed by atoms with E-state index in [0.29, 0.717) is 31.4 Å². The highest BCUT2D eigenvalue weighted by Gasteiger charge is 2.08. The van der Waals surface area contributed by atoms with Gasteiger partial charge in [0.1, 0.15) is 5.82 Å². The summed E-state index contributed by atoms with van der Waals surface area (Å²) >= 11 is 0. The first-order valence-corrected chi connectivity index (χ1v) is 6.34. The van der Waals surface area contributed by atoms with Gasteiger partial charge in [0.05, 0.1) is 19.7 Å². The Morgan fingerprint density at radius 1 is 1.47 bits per heavy atom. The lowest BCUT2D eigenvalue weighted by Gasteiger charge is -2.06. The Bertz CT molecular complexity index is 494. The van der Waals surface area contributed by atoms with Crippen LogP contribution in [0.4, 0.5) is 0 Å². The summed E-state index contributed by atoms with van der Waals surface area (Å²) in [6.45, 7) is 4.73. The van der Waals surface area contributed by atoms with Crippen molar-refractivity contribution in [2.75, 3.05) is 20.3 Å². The second kappa shape index (κ2) is 7.01. The minimum absolute atomic E-state index is 0.574. The molecule has 0 radical (unpaired) electrons. The Kier molecular flexibility index (Phi) is 5.05. The number of nitrogens with one attached hydrogen (secondary N) is 1. The molecule has 0 saturated heterocycles. The summed E-state index contributed by atoms with van der Waals surface area (Å²) in [6, 6.07) is 0. The molecule has 0 aromatic carbocycles. The molecule has 19 heavy (non-hydrogen) atoms. The monoisotopic (exact) mass is 265 g/mol. The first kappa shape index (κ1) is 13.7. The quantitative estimate of drug-likeness (QED) is 0.705. The summed E-state index contributed by atoms with van der Waals surface area (Å²) in [7, 11) is 1.68. The van der Waals surface area contributed by atoms with E-state index in [-0.39, 0.29) is 0 Å². The maximum atomic E-state index is 5.09. The van der Waals surface area contributed by atoms with Gasteiger partial charge in [0.25, 0.3) is 0 Å². The number of hydrogen-bond donors (Lipinski definition) is 1. The molecule has 1 N–H and O–H groups in total. The molecule has 0 aliphatic heterocycles. The predicted octanol–water partition coefficient (Wildman–Crippen LogP) is 0.613. The molecule has 2 aromatic rings. The van der Waals surface area contributed by atoms with E-state index in [2.05, 4.69) is 20.4 Å². The minimum atomic E-state index is 0.574. The van der Waals surface area contributed by atoms with Crippen LogP contribution < -0.4 is 5.32 Å². The second-order valence-corrected chi connectivity index (χ2v) is 4.10. The van der Waals surface area contributed by atoms with Gasteiger partial charge in [-0.3, -0.25) is 0 Å². The zero-order valence-electron chi connectivity index (χ0n) is 11.3. The molecule has 0 atom stereocenters. The zero-order valence-corrected chi connectivity index (χ0v) is 11.3. The van der Waals surface area contributed by atoms with E-state index in [9.17, 15) is 0 Å². The maximum absolute atomic E-state index is 5.09. The van der Waals surface area contributed by atoms with Gasteiger partial charge in [0.2, 0.25) is 5.89 Å². The number of hydrogen-bond acceptors (Lipinski definition) is 6. The topological polar surface area (TPSA) is 78.0 Å². The smallest absolute Gasteiger partial charge is 0.226 e. The second-order valence-electron chi connectivity index (χ2n) is 4.10. The fraction of sp³-hybridized carbons (Fsp3) is 0.583. The van der Waals surface area contributed by atoms with Crippen LogP contribution in [0.15, 0.2) is 16.9 Å². The number of aromatic nitrogens is 4. The number of aryl methyl sites for hydroxylation is 1. The summed E-state index contributed by atoms with van der Waals surface area (Å²) in [6.07, 6.45) is 4.44. The lowest BCUT2D eigenvalue weighted by Crippen LogP contribution is -2.21. The number of methoxy groups -OCH3 is 1. The Hall–Kier alpha value is -1.73. The van der Waals surface area contributed by atoms with Crippen LogP contribution in [-0.2, 0) is 24.2 Å². The van der Waals surface area contributed by atoms with Gasteiger partial charge in [-0.2, -0.15) is 4.98 Å². The summed E-state index contributed by atoms with van der Waals surface area (Å²) in [5, 5.41) is 7.20. The highest BCUT2D eigenvalue weighted by Crippen LogP contribution is 2.04. The van der Waals surface area contributed by atoms with E-state index in [1.807, 2.05) is 17.7 Å². The largest absolute Gasteiger partial charge is 0.383 e. The Balaban J connectivity index is 1.91. The molecule has 2 rings (SSSR count). The molecule has 2 aromatic heterocycles. The van der Waals surface area contributed by atoms with Crippen molar-refractivity contribution in [1.82, 2.24) is 25.0 Å². The van der Waals surface area contributed by atoms with Crippen LogP contribution in [0.2, 0.25) is 0 Å². The fourth-order valence-corrected chi connectivity index (χ4v) is 1.68. The standard InChI is InChI=1S/C12H19N5O2/c1-3-12-15-10(16-19-12)9-17-6-4-14-11(17)8-13-5-7-18-2/h4,6,13H,3,5,7-9H2,1-2H3. The van der Waals surface area contributed by atoms with Gasteiger partial charge in [-0.25, -0.2) is 4.98 Å². The molecular formula is C12H19N5O2. The molecule has 0 amide bonds. The van der Waals surface area contributed by atoms with E-state index in [1.165, 1.54) is 0 Å². The lowest BCUT2D eigenvalue weighted by molar-refractivity contribution is 0.199. The molecule has 0 spiro atoms. The molecule has 0 saturated carbocycles. The van der Waals surface area contributed by atoms with Crippen LogP contribution in [0.3, 0.4) is 0 Å². The Morgan fingerprint density at radius 3 is 3.11 bits per heavy atom. The molecule has 104 valence electrons. The van der Waals surface area contributed by atoms with Crippen LogP contribution in [0.5, 0.6) is 0 Å². The van der Waals surface area contributed by atoms with Gasteiger partial charge < -0.3 is 19.1 Å². The lowest BCUT2D eigenvalue weighted by atomic mass is 10.5. The Labute approximate surface area is 112 Å². The van der Waals surface area contributed by atoms with Gasteiger partial charge in [-0.05, 0) is 0 Å². The van der Waals surface area contributed by atoms with Crippen molar-refractivity contribution in [2.24, 2.45) is 0 Å². The van der Waals surface area contributed by atoms with Gasteiger partial charge in [-0.15, -0.1) is 0 Å². The van der Waals surface area contributed by atoms with Crippen LogP contribution >= 0.6 is 0 Å². The molecule has 0 aliphatic rings. The molecule has 0 aliphatic carbocycles. The first-order chi connectivity index (χ1) is 9.33. The summed E-state index contributed by atoms with van der Waals surface area (Å²) < 4.78 is 12.1. The molecule has 0 bridgehead atoms. The van der Waals surface area contributed by atoms with Crippen molar-refractivity contribution in [3.63, 3.8) is 0 Å². The van der Waals surface area contributed by atoms with Crippen LogP contribution in [-0.4, -0.2) is 40.0 Å². The first-order valence-electron chi connectivity index (χ1n) is 6.34. The van der Waals surface area contributed by atoms with Crippen molar-refractivity contribution in [2.45, 2.75) is 26.4 Å². The SMILES string of the molecule is CCc1nc(Cn2ccnc2CNCCOC)no1. The third-order valence-electron chi connectivity index (χ3n) is 2.69. The van der Waals surface area contributed by atoms with Crippen LogP contribution in [0.25, 0.3) is 0 Å². The van der Waals surface area contributed by atoms with E-state index >= 15 is 0 Å². The van der Waals surface area contributed by atoms with Crippen LogP contribution in [0, 0.1) is 0 Å². The molecule has 0 unspecified atom stereocenters. The van der Waals surface area contributed by atoms with Gasteiger partial charge in [0, 0.05) is 32.5 Å². The number of imidazole rings is 1. The van der Waals surface area contributed by atoms with Gasteiger partial charge in [0.15, 0.2) is 5.82 Å². The Morgan fingerprint density at radius 2 is 2.37 bits per heavy atom. The molecule has 7 heteroatoms. The van der Waals surface area contributed by atoms with Crippen molar-refractivity contribution < 1.29 is 9.26 Å². The molecule has 7 nitrogen and oxygen atoms in total. The van der Waals surface area contributed by atoms with Crippen molar-refractivity contribution in [3.05, 3.63) is 29.9 Å². The number of nitrogens with zero attached hydrogens (tertiary/aromatic N) is 4. The minimum Gasteiger partial charge on any atom is -0.383 e.